The molecule has 5 rings (SSSR count). The number of ether oxygens (including phenoxy) is 1. The first-order valence-electron chi connectivity index (χ1n) is 12.5. The van der Waals surface area contributed by atoms with Crippen LogP contribution in [-0.4, -0.2) is 56.5 Å². The van der Waals surface area contributed by atoms with Gasteiger partial charge < -0.3 is 20.7 Å². The van der Waals surface area contributed by atoms with Crippen LogP contribution in [0.3, 0.4) is 0 Å². The zero-order chi connectivity index (χ0) is 28.4. The van der Waals surface area contributed by atoms with Crippen molar-refractivity contribution < 1.29 is 9.53 Å². The smallest absolute Gasteiger partial charge is 0.266 e. The summed E-state index contributed by atoms with van der Waals surface area (Å²) in [7, 11) is 4.82. The van der Waals surface area contributed by atoms with Gasteiger partial charge in [0.05, 0.1) is 29.7 Å². The Morgan fingerprint density at radius 2 is 1.82 bits per heavy atom. The molecule has 3 N–H and O–H groups in total. The van der Waals surface area contributed by atoms with Crippen LogP contribution >= 0.6 is 0 Å². The van der Waals surface area contributed by atoms with Gasteiger partial charge in [-0.05, 0) is 42.3 Å². The van der Waals surface area contributed by atoms with Gasteiger partial charge in [0, 0.05) is 32.6 Å². The second kappa shape index (κ2) is 10.8. The number of fused-ring (bicyclic) bond motifs is 1. The third-order valence-electron chi connectivity index (χ3n) is 6.38. The number of aromatic nitrogens is 5. The summed E-state index contributed by atoms with van der Waals surface area (Å²) in [5, 5.41) is 3.69. The normalized spacial score (nSPS) is 11.7. The Morgan fingerprint density at radius 3 is 2.55 bits per heavy atom. The van der Waals surface area contributed by atoms with E-state index in [9.17, 15) is 9.59 Å². The molecule has 0 aliphatic carbocycles. The maximum atomic E-state index is 14.3. The molecule has 0 aliphatic rings. The van der Waals surface area contributed by atoms with Gasteiger partial charge in [0.2, 0.25) is 11.8 Å². The van der Waals surface area contributed by atoms with E-state index in [1.54, 1.807) is 44.1 Å². The molecule has 0 saturated carbocycles. The van der Waals surface area contributed by atoms with Crippen molar-refractivity contribution in [1.82, 2.24) is 29.4 Å². The van der Waals surface area contributed by atoms with Crippen LogP contribution in [0.25, 0.3) is 27.7 Å². The molecule has 5 aromatic rings. The standard InChI is InChI=1S/C29H28N8O3/c1-17(33-25-21(27(38)36(2)3)16-32-29(30)35-25)26-34-22-12-8-11-20(18-13-14-31-23(15-18)40-4)24(22)28(39)37(26)19-9-6-5-7-10-19/h5-17H,1-4H3,(H3,30,32,33,35). The molecule has 1 unspecified atom stereocenters. The van der Waals surface area contributed by atoms with E-state index in [2.05, 4.69) is 20.3 Å². The molecule has 3 aromatic heterocycles. The number of nitrogens with zero attached hydrogens (tertiary/aromatic N) is 6. The maximum Gasteiger partial charge on any atom is 0.266 e. The van der Waals surface area contributed by atoms with Gasteiger partial charge in [-0.15, -0.1) is 0 Å². The Hall–Kier alpha value is -5.32. The second-order valence-electron chi connectivity index (χ2n) is 9.29. The fourth-order valence-electron chi connectivity index (χ4n) is 4.47. The van der Waals surface area contributed by atoms with Gasteiger partial charge in [0.1, 0.15) is 17.2 Å². The van der Waals surface area contributed by atoms with Crippen molar-refractivity contribution >= 4 is 28.6 Å². The van der Waals surface area contributed by atoms with Crippen LogP contribution in [0, 0.1) is 0 Å². The van der Waals surface area contributed by atoms with Crippen molar-refractivity contribution in [2.45, 2.75) is 13.0 Å². The van der Waals surface area contributed by atoms with E-state index in [-0.39, 0.29) is 28.8 Å². The minimum Gasteiger partial charge on any atom is -0.481 e. The number of carbonyl (C=O) groups is 1. The minimum atomic E-state index is -0.565. The number of para-hydroxylation sites is 1. The molecule has 11 heteroatoms. The summed E-state index contributed by atoms with van der Waals surface area (Å²) in [5.74, 6) is 0.819. The van der Waals surface area contributed by atoms with E-state index < -0.39 is 6.04 Å². The summed E-state index contributed by atoms with van der Waals surface area (Å²) in [4.78, 5) is 46.0. The van der Waals surface area contributed by atoms with Crippen molar-refractivity contribution in [3.8, 4) is 22.7 Å². The van der Waals surface area contributed by atoms with Crippen LogP contribution in [0.2, 0.25) is 0 Å². The summed E-state index contributed by atoms with van der Waals surface area (Å²) in [5.41, 5.74) is 8.48. The number of nitrogen functional groups attached to an aromatic ring is 1. The lowest BCUT2D eigenvalue weighted by atomic mass is 10.0. The monoisotopic (exact) mass is 536 g/mol. The van der Waals surface area contributed by atoms with Crippen molar-refractivity contribution in [3.05, 3.63) is 94.8 Å². The van der Waals surface area contributed by atoms with E-state index in [1.807, 2.05) is 55.5 Å². The summed E-state index contributed by atoms with van der Waals surface area (Å²) in [6, 6.07) is 17.8. The molecule has 0 spiro atoms. The molecule has 0 aliphatic heterocycles. The number of carbonyl (C=O) groups excluding carboxylic acids is 1. The molecule has 40 heavy (non-hydrogen) atoms. The Kier molecular flexibility index (Phi) is 7.11. The van der Waals surface area contributed by atoms with Crippen LogP contribution in [-0.2, 0) is 0 Å². The number of hydrogen-bond donors (Lipinski definition) is 2. The lowest BCUT2D eigenvalue weighted by Crippen LogP contribution is -2.29. The van der Waals surface area contributed by atoms with Gasteiger partial charge >= 0.3 is 0 Å². The fraction of sp³-hybridized carbons (Fsp3) is 0.172. The average molecular weight is 537 g/mol. The van der Waals surface area contributed by atoms with Crippen molar-refractivity contribution in [1.29, 1.82) is 0 Å². The van der Waals surface area contributed by atoms with Crippen LogP contribution in [0.5, 0.6) is 5.88 Å². The van der Waals surface area contributed by atoms with E-state index in [1.165, 1.54) is 11.1 Å². The van der Waals surface area contributed by atoms with E-state index >= 15 is 0 Å². The number of methoxy groups -OCH3 is 1. The van der Waals surface area contributed by atoms with Crippen molar-refractivity contribution in [2.75, 3.05) is 32.3 Å². The molecule has 1 atom stereocenters. The number of benzene rings is 2. The highest BCUT2D eigenvalue weighted by Gasteiger charge is 2.23. The molecule has 202 valence electrons. The lowest BCUT2D eigenvalue weighted by molar-refractivity contribution is 0.0827. The Labute approximate surface area is 230 Å². The van der Waals surface area contributed by atoms with Gasteiger partial charge in [0.25, 0.3) is 11.5 Å². The minimum absolute atomic E-state index is 0.00866. The number of pyridine rings is 1. The lowest BCUT2D eigenvalue weighted by Gasteiger charge is -2.22. The number of nitrogens with two attached hydrogens (primary N) is 1. The SMILES string of the molecule is COc1cc(-c2cccc3nc(C(C)Nc4nc(N)ncc4C(=O)N(C)C)n(-c4ccccc4)c(=O)c23)ccn1. The number of amides is 1. The summed E-state index contributed by atoms with van der Waals surface area (Å²) in [6.07, 6.45) is 3.02. The zero-order valence-corrected chi connectivity index (χ0v) is 22.5. The summed E-state index contributed by atoms with van der Waals surface area (Å²) < 4.78 is 6.87. The van der Waals surface area contributed by atoms with Gasteiger partial charge in [-0.1, -0.05) is 30.3 Å². The average Bonchev–Trinajstić information content (AvgIpc) is 2.97. The Balaban J connectivity index is 1.72. The van der Waals surface area contributed by atoms with Gasteiger partial charge in [-0.25, -0.2) is 15.0 Å². The number of hydrogen-bond acceptors (Lipinski definition) is 9. The van der Waals surface area contributed by atoms with Crippen LogP contribution in [0.1, 0.15) is 29.1 Å². The predicted molar refractivity (Wildman–Crippen MR) is 154 cm³/mol. The van der Waals surface area contributed by atoms with E-state index in [0.717, 1.165) is 5.56 Å². The third kappa shape index (κ3) is 4.92. The van der Waals surface area contributed by atoms with E-state index in [0.29, 0.717) is 33.9 Å². The van der Waals surface area contributed by atoms with Crippen LogP contribution < -0.4 is 21.3 Å². The molecule has 0 bridgehead atoms. The highest BCUT2D eigenvalue weighted by atomic mass is 16.5. The van der Waals surface area contributed by atoms with Gasteiger partial charge in [-0.2, -0.15) is 4.98 Å². The van der Waals surface area contributed by atoms with Crippen LogP contribution in [0.15, 0.2) is 77.9 Å². The molecular formula is C29H28N8O3. The zero-order valence-electron chi connectivity index (χ0n) is 22.5. The summed E-state index contributed by atoms with van der Waals surface area (Å²) >= 11 is 0. The van der Waals surface area contributed by atoms with E-state index in [4.69, 9.17) is 15.5 Å². The highest BCUT2D eigenvalue weighted by molar-refractivity contribution is 5.98. The first-order valence-corrected chi connectivity index (χ1v) is 12.5. The number of rotatable bonds is 7. The molecule has 2 aromatic carbocycles. The number of nitrogens with one attached hydrogen (secondary N) is 1. The largest absolute Gasteiger partial charge is 0.481 e. The first-order chi connectivity index (χ1) is 19.3. The van der Waals surface area contributed by atoms with Gasteiger partial charge in [0.15, 0.2) is 0 Å². The number of anilines is 2. The molecule has 0 radical (unpaired) electrons. The van der Waals surface area contributed by atoms with Crippen LogP contribution in [0.4, 0.5) is 11.8 Å². The second-order valence-corrected chi connectivity index (χ2v) is 9.29. The third-order valence-corrected chi connectivity index (χ3v) is 6.38. The van der Waals surface area contributed by atoms with Crippen molar-refractivity contribution in [2.24, 2.45) is 0 Å². The molecule has 0 saturated heterocycles. The Morgan fingerprint density at radius 1 is 1.05 bits per heavy atom. The predicted octanol–water partition coefficient (Wildman–Crippen LogP) is 3.70. The fourth-order valence-corrected chi connectivity index (χ4v) is 4.47. The Bertz CT molecular complexity index is 1770. The molecule has 11 nitrogen and oxygen atoms in total. The quantitative estimate of drug-likeness (QED) is 0.318. The topological polar surface area (TPSA) is 141 Å². The molecule has 3 heterocycles. The highest BCUT2D eigenvalue weighted by Crippen LogP contribution is 2.30. The first kappa shape index (κ1) is 26.3. The van der Waals surface area contributed by atoms with Crippen molar-refractivity contribution in [3.63, 3.8) is 0 Å². The maximum absolute atomic E-state index is 14.3. The summed E-state index contributed by atoms with van der Waals surface area (Å²) in [6.45, 7) is 1.84. The molecular weight excluding hydrogens is 508 g/mol. The molecule has 0 fully saturated rings. The molecule has 1 amide bonds. The van der Waals surface area contributed by atoms with Gasteiger partial charge in [-0.3, -0.25) is 14.2 Å².